The molecule has 0 saturated carbocycles. The number of aryl methyl sites for hydroxylation is 1. The number of likely N-dealkylation sites (tertiary alicyclic amines) is 1. The van der Waals surface area contributed by atoms with Gasteiger partial charge in [0.25, 0.3) is 11.5 Å². The average Bonchev–Trinajstić information content (AvgIpc) is 3.42. The average molecular weight is 427 g/mol. The van der Waals surface area contributed by atoms with Gasteiger partial charge in [-0.2, -0.15) is 0 Å². The fraction of sp³-hybridized carbons (Fsp3) is 0.308. The zero-order chi connectivity index (χ0) is 21.7. The number of nitrogens with one attached hydrogen (secondary N) is 1. The van der Waals surface area contributed by atoms with E-state index in [-0.39, 0.29) is 17.0 Å². The summed E-state index contributed by atoms with van der Waals surface area (Å²) in [4.78, 5) is 28.0. The van der Waals surface area contributed by atoms with Gasteiger partial charge in [0, 0.05) is 31.4 Å². The van der Waals surface area contributed by atoms with Gasteiger partial charge < -0.3 is 19.2 Å². The van der Waals surface area contributed by atoms with Crippen molar-refractivity contribution in [2.45, 2.75) is 31.3 Å². The summed E-state index contributed by atoms with van der Waals surface area (Å²) in [7, 11) is 0. The van der Waals surface area contributed by atoms with Crippen molar-refractivity contribution in [1.29, 1.82) is 0 Å². The van der Waals surface area contributed by atoms with Crippen LogP contribution in [0.25, 0.3) is 16.6 Å². The monoisotopic (exact) mass is 426 g/mol. The molecule has 0 aliphatic carbocycles. The topological polar surface area (TPSA) is 58.8 Å². The predicted molar refractivity (Wildman–Crippen MR) is 125 cm³/mol. The molecule has 1 amide bonds. The van der Waals surface area contributed by atoms with E-state index in [1.165, 1.54) is 0 Å². The van der Waals surface area contributed by atoms with Crippen molar-refractivity contribution in [2.75, 3.05) is 19.6 Å². The Kier molecular flexibility index (Phi) is 4.43. The normalized spacial score (nSPS) is 17.8. The third kappa shape index (κ3) is 2.90. The zero-order valence-electron chi connectivity index (χ0n) is 18.0. The smallest absolute Gasteiger partial charge is 0.275 e. The Labute approximate surface area is 186 Å². The number of piperidine rings is 1. The Morgan fingerprint density at radius 3 is 2.38 bits per heavy atom. The summed E-state index contributed by atoms with van der Waals surface area (Å²) >= 11 is 0. The number of carbonyl (C=O) groups is 1. The molecule has 0 atom stereocenters. The molecule has 6 rings (SSSR count). The lowest BCUT2D eigenvalue weighted by Gasteiger charge is -2.40. The number of para-hydroxylation sites is 2. The largest absolute Gasteiger partial charge is 0.342 e. The maximum Gasteiger partial charge on any atom is 0.275 e. The van der Waals surface area contributed by atoms with E-state index in [1.807, 2.05) is 63.7 Å². The van der Waals surface area contributed by atoms with Crippen molar-refractivity contribution in [3.63, 3.8) is 0 Å². The molecule has 4 aromatic rings. The minimum absolute atomic E-state index is 0.0566. The van der Waals surface area contributed by atoms with Crippen LogP contribution in [0.3, 0.4) is 0 Å². The number of hydrogen-bond donors (Lipinski definition) is 1. The molecule has 162 valence electrons. The minimum Gasteiger partial charge on any atom is -0.342 e. The van der Waals surface area contributed by atoms with Gasteiger partial charge in [0.2, 0.25) is 0 Å². The molecule has 1 N–H and O–H groups in total. The maximum absolute atomic E-state index is 13.1. The highest BCUT2D eigenvalue weighted by Gasteiger charge is 2.44. The standard InChI is InChI=1S/C26H26N4O2/c31-24-19-7-1-2-8-20(19)26(27-24)12-17-28(18-13-26)14-6-16-30-22-10-4-3-9-21(22)29-15-5-11-23(29)25(30)32/h1-5,7-11,15H,6,12-14,16-18H2,(H,27,31). The highest BCUT2D eigenvalue weighted by Crippen LogP contribution is 2.39. The van der Waals surface area contributed by atoms with Crippen LogP contribution in [-0.4, -0.2) is 39.4 Å². The number of aromatic nitrogens is 2. The van der Waals surface area contributed by atoms with Crippen LogP contribution >= 0.6 is 0 Å². The first-order valence-corrected chi connectivity index (χ1v) is 11.4. The Balaban J connectivity index is 1.16. The summed E-state index contributed by atoms with van der Waals surface area (Å²) in [6.45, 7) is 3.53. The fourth-order valence-electron chi connectivity index (χ4n) is 5.59. The number of hydrogen-bond acceptors (Lipinski definition) is 3. The lowest BCUT2D eigenvalue weighted by atomic mass is 9.82. The molecule has 2 aromatic carbocycles. The highest BCUT2D eigenvalue weighted by atomic mass is 16.2. The van der Waals surface area contributed by atoms with Gasteiger partial charge in [-0.25, -0.2) is 0 Å². The van der Waals surface area contributed by atoms with Gasteiger partial charge in [-0.05, 0) is 61.7 Å². The van der Waals surface area contributed by atoms with E-state index in [4.69, 9.17) is 0 Å². The molecule has 0 radical (unpaired) electrons. The quantitative estimate of drug-likeness (QED) is 0.544. The number of fused-ring (bicyclic) bond motifs is 5. The van der Waals surface area contributed by atoms with Crippen molar-refractivity contribution in [3.8, 4) is 0 Å². The summed E-state index contributed by atoms with van der Waals surface area (Å²) in [5.41, 5.74) is 4.59. The van der Waals surface area contributed by atoms with Crippen molar-refractivity contribution in [3.05, 3.63) is 88.3 Å². The molecular weight excluding hydrogens is 400 g/mol. The van der Waals surface area contributed by atoms with Crippen LogP contribution in [0, 0.1) is 0 Å². The van der Waals surface area contributed by atoms with E-state index in [2.05, 4.69) is 22.3 Å². The highest BCUT2D eigenvalue weighted by molar-refractivity contribution is 6.00. The number of rotatable bonds is 4. The first-order chi connectivity index (χ1) is 15.7. The van der Waals surface area contributed by atoms with E-state index >= 15 is 0 Å². The molecule has 4 heterocycles. The second-order valence-corrected chi connectivity index (χ2v) is 8.99. The van der Waals surface area contributed by atoms with Crippen LogP contribution in [0.4, 0.5) is 0 Å². The molecule has 1 saturated heterocycles. The Hall–Kier alpha value is -3.38. The molecule has 32 heavy (non-hydrogen) atoms. The SMILES string of the molecule is O=C1NC2(CCN(CCCn3c(=O)c4cccn4c4ccccc43)CC2)c2ccccc21. The first kappa shape index (κ1) is 19.3. The lowest BCUT2D eigenvalue weighted by molar-refractivity contribution is 0.0861. The molecule has 2 aromatic heterocycles. The number of amides is 1. The summed E-state index contributed by atoms with van der Waals surface area (Å²) in [6.07, 6.45) is 4.72. The van der Waals surface area contributed by atoms with Crippen LogP contribution in [0.15, 0.2) is 71.7 Å². The molecule has 0 unspecified atom stereocenters. The summed E-state index contributed by atoms with van der Waals surface area (Å²) in [6, 6.07) is 19.9. The Bertz CT molecular complexity index is 1390. The second-order valence-electron chi connectivity index (χ2n) is 8.99. The third-order valence-corrected chi connectivity index (χ3v) is 7.25. The van der Waals surface area contributed by atoms with Gasteiger partial charge in [0.05, 0.1) is 16.6 Å². The van der Waals surface area contributed by atoms with E-state index in [1.54, 1.807) is 0 Å². The van der Waals surface area contributed by atoms with Crippen molar-refractivity contribution in [2.24, 2.45) is 0 Å². The molecule has 6 heteroatoms. The van der Waals surface area contributed by atoms with Gasteiger partial charge in [0.1, 0.15) is 5.52 Å². The van der Waals surface area contributed by atoms with E-state index in [0.717, 1.165) is 66.6 Å². The van der Waals surface area contributed by atoms with Crippen LogP contribution in [0.5, 0.6) is 0 Å². The van der Waals surface area contributed by atoms with Crippen LogP contribution in [-0.2, 0) is 12.1 Å². The van der Waals surface area contributed by atoms with Gasteiger partial charge in [0.15, 0.2) is 0 Å². The summed E-state index contributed by atoms with van der Waals surface area (Å²) in [5.74, 6) is 0.0566. The van der Waals surface area contributed by atoms with Gasteiger partial charge in [-0.1, -0.05) is 30.3 Å². The van der Waals surface area contributed by atoms with E-state index in [0.29, 0.717) is 6.54 Å². The van der Waals surface area contributed by atoms with E-state index < -0.39 is 0 Å². The Morgan fingerprint density at radius 1 is 0.812 bits per heavy atom. The van der Waals surface area contributed by atoms with Crippen molar-refractivity contribution >= 4 is 22.5 Å². The summed E-state index contributed by atoms with van der Waals surface area (Å²) < 4.78 is 3.90. The minimum atomic E-state index is -0.211. The second kappa shape index (κ2) is 7.35. The fourth-order valence-corrected chi connectivity index (χ4v) is 5.59. The van der Waals surface area contributed by atoms with Gasteiger partial charge in [-0.3, -0.25) is 9.59 Å². The molecule has 1 fully saturated rings. The Morgan fingerprint density at radius 2 is 1.53 bits per heavy atom. The van der Waals surface area contributed by atoms with Crippen LogP contribution in [0.2, 0.25) is 0 Å². The molecule has 1 spiro atoms. The van der Waals surface area contributed by atoms with Crippen LogP contribution < -0.4 is 10.9 Å². The predicted octanol–water partition coefficient (Wildman–Crippen LogP) is 3.38. The number of nitrogens with zero attached hydrogens (tertiary/aromatic N) is 3. The van der Waals surface area contributed by atoms with E-state index in [9.17, 15) is 9.59 Å². The van der Waals surface area contributed by atoms with Crippen molar-refractivity contribution in [1.82, 2.24) is 19.2 Å². The van der Waals surface area contributed by atoms with Crippen LogP contribution in [0.1, 0.15) is 35.2 Å². The zero-order valence-corrected chi connectivity index (χ0v) is 18.0. The number of carbonyl (C=O) groups excluding carboxylic acids is 1. The lowest BCUT2D eigenvalue weighted by Crippen LogP contribution is -2.49. The molecule has 6 nitrogen and oxygen atoms in total. The van der Waals surface area contributed by atoms with Gasteiger partial charge >= 0.3 is 0 Å². The van der Waals surface area contributed by atoms with Crippen molar-refractivity contribution < 1.29 is 4.79 Å². The third-order valence-electron chi connectivity index (χ3n) is 7.25. The summed E-state index contributed by atoms with van der Waals surface area (Å²) in [5, 5.41) is 3.27. The maximum atomic E-state index is 13.1. The van der Waals surface area contributed by atoms with Gasteiger partial charge in [-0.15, -0.1) is 0 Å². The number of benzene rings is 2. The molecule has 2 aliphatic heterocycles. The molecule has 2 aliphatic rings. The first-order valence-electron chi connectivity index (χ1n) is 11.4. The molecule has 0 bridgehead atoms. The molecular formula is C26H26N4O2.